The van der Waals surface area contributed by atoms with Crippen molar-refractivity contribution in [2.45, 2.75) is 38.8 Å². The van der Waals surface area contributed by atoms with Crippen molar-refractivity contribution in [2.24, 2.45) is 0 Å². The van der Waals surface area contributed by atoms with Crippen LogP contribution >= 0.6 is 0 Å². The Morgan fingerprint density at radius 3 is 2.15 bits per heavy atom. The molecule has 0 saturated heterocycles. The SMILES string of the molecule is CC(C)(C)c1ccc(NC(=O)CCNc2cccc(C(F)(F)F)c2)cc1. The minimum Gasteiger partial charge on any atom is -0.385 e. The topological polar surface area (TPSA) is 41.1 Å². The van der Waals surface area contributed by atoms with Gasteiger partial charge in [0, 0.05) is 24.3 Å². The van der Waals surface area contributed by atoms with E-state index in [0.29, 0.717) is 11.4 Å². The van der Waals surface area contributed by atoms with E-state index in [1.807, 2.05) is 24.3 Å². The smallest absolute Gasteiger partial charge is 0.385 e. The van der Waals surface area contributed by atoms with E-state index >= 15 is 0 Å². The van der Waals surface area contributed by atoms with Gasteiger partial charge < -0.3 is 10.6 Å². The molecule has 2 rings (SSSR count). The minimum atomic E-state index is -4.38. The quantitative estimate of drug-likeness (QED) is 0.741. The predicted molar refractivity (Wildman–Crippen MR) is 98.3 cm³/mol. The number of hydrogen-bond donors (Lipinski definition) is 2. The Labute approximate surface area is 151 Å². The van der Waals surface area contributed by atoms with E-state index in [9.17, 15) is 18.0 Å². The summed E-state index contributed by atoms with van der Waals surface area (Å²) in [7, 11) is 0. The summed E-state index contributed by atoms with van der Waals surface area (Å²) in [5, 5.41) is 5.63. The van der Waals surface area contributed by atoms with Crippen molar-refractivity contribution in [1.29, 1.82) is 0 Å². The number of carbonyl (C=O) groups excluding carboxylic acids is 1. The van der Waals surface area contributed by atoms with Crippen LogP contribution in [0.1, 0.15) is 38.3 Å². The molecule has 0 heterocycles. The highest BCUT2D eigenvalue weighted by molar-refractivity contribution is 5.91. The Morgan fingerprint density at radius 1 is 0.923 bits per heavy atom. The highest BCUT2D eigenvalue weighted by atomic mass is 19.4. The molecular formula is C20H23F3N2O. The number of halogens is 3. The second-order valence-corrected chi connectivity index (χ2v) is 7.13. The number of hydrogen-bond acceptors (Lipinski definition) is 2. The molecule has 2 N–H and O–H groups in total. The van der Waals surface area contributed by atoms with Crippen LogP contribution in [0.2, 0.25) is 0 Å². The first-order chi connectivity index (χ1) is 12.1. The maximum absolute atomic E-state index is 12.7. The van der Waals surface area contributed by atoms with Crippen molar-refractivity contribution < 1.29 is 18.0 Å². The zero-order chi connectivity index (χ0) is 19.4. The zero-order valence-electron chi connectivity index (χ0n) is 15.1. The van der Waals surface area contributed by atoms with Gasteiger partial charge in [0.05, 0.1) is 5.56 Å². The van der Waals surface area contributed by atoms with E-state index in [2.05, 4.69) is 31.4 Å². The molecule has 1 amide bonds. The molecule has 140 valence electrons. The second-order valence-electron chi connectivity index (χ2n) is 7.13. The van der Waals surface area contributed by atoms with Gasteiger partial charge in [-0.15, -0.1) is 0 Å². The lowest BCUT2D eigenvalue weighted by Gasteiger charge is -2.19. The maximum atomic E-state index is 12.7. The van der Waals surface area contributed by atoms with E-state index in [4.69, 9.17) is 0 Å². The van der Waals surface area contributed by atoms with E-state index in [1.165, 1.54) is 11.6 Å². The molecule has 0 aliphatic rings. The standard InChI is InChI=1S/C20H23F3N2O/c1-19(2,3)14-7-9-16(10-8-14)25-18(26)11-12-24-17-6-4-5-15(13-17)20(21,22)23/h4-10,13,24H,11-12H2,1-3H3,(H,25,26). The van der Waals surface area contributed by atoms with Crippen LogP contribution in [-0.2, 0) is 16.4 Å². The zero-order valence-corrected chi connectivity index (χ0v) is 15.1. The highest BCUT2D eigenvalue weighted by Gasteiger charge is 2.30. The lowest BCUT2D eigenvalue weighted by atomic mass is 9.87. The van der Waals surface area contributed by atoms with E-state index in [1.54, 1.807) is 6.07 Å². The molecule has 2 aromatic rings. The molecule has 0 saturated carbocycles. The monoisotopic (exact) mass is 364 g/mol. The third-order valence-electron chi connectivity index (χ3n) is 3.91. The Balaban J connectivity index is 1.84. The van der Waals surface area contributed by atoms with Crippen molar-refractivity contribution in [3.05, 3.63) is 59.7 Å². The highest BCUT2D eigenvalue weighted by Crippen LogP contribution is 2.30. The van der Waals surface area contributed by atoms with Gasteiger partial charge in [0.2, 0.25) is 5.91 Å². The molecule has 0 atom stereocenters. The molecule has 0 spiro atoms. The number of carbonyl (C=O) groups is 1. The molecule has 0 aliphatic heterocycles. The Morgan fingerprint density at radius 2 is 1.58 bits per heavy atom. The number of alkyl halides is 3. The van der Waals surface area contributed by atoms with Crippen molar-refractivity contribution in [3.8, 4) is 0 Å². The first kappa shape index (κ1) is 19.8. The molecule has 2 aromatic carbocycles. The summed E-state index contributed by atoms with van der Waals surface area (Å²) in [5.74, 6) is -0.201. The van der Waals surface area contributed by atoms with Crippen LogP contribution in [0, 0.1) is 0 Å². The molecule has 3 nitrogen and oxygen atoms in total. The number of amides is 1. The fourth-order valence-corrected chi connectivity index (χ4v) is 2.40. The lowest BCUT2D eigenvalue weighted by molar-refractivity contribution is -0.137. The molecule has 0 radical (unpaired) electrons. The van der Waals surface area contributed by atoms with Crippen LogP contribution in [0.5, 0.6) is 0 Å². The predicted octanol–water partition coefficient (Wildman–Crippen LogP) is 5.44. The third kappa shape index (κ3) is 5.79. The molecule has 0 bridgehead atoms. The Hall–Kier alpha value is -2.50. The van der Waals surface area contributed by atoms with Crippen LogP contribution in [0.15, 0.2) is 48.5 Å². The summed E-state index contributed by atoms with van der Waals surface area (Å²) >= 11 is 0. The van der Waals surface area contributed by atoms with Gasteiger partial charge in [0.25, 0.3) is 0 Å². The molecule has 0 fully saturated rings. The first-order valence-corrected chi connectivity index (χ1v) is 8.37. The molecule has 26 heavy (non-hydrogen) atoms. The summed E-state index contributed by atoms with van der Waals surface area (Å²) in [6.45, 7) is 6.58. The fraction of sp³-hybridized carbons (Fsp3) is 0.350. The van der Waals surface area contributed by atoms with Crippen LogP contribution in [0.25, 0.3) is 0 Å². The summed E-state index contributed by atoms with van der Waals surface area (Å²) in [6, 6.07) is 12.5. The van der Waals surface area contributed by atoms with E-state index < -0.39 is 11.7 Å². The van der Waals surface area contributed by atoms with Crippen molar-refractivity contribution in [2.75, 3.05) is 17.2 Å². The molecule has 0 unspecified atom stereocenters. The Kier molecular flexibility index (Phi) is 5.95. The van der Waals surface area contributed by atoms with Gasteiger partial charge in [-0.05, 0) is 41.3 Å². The molecule has 0 aliphatic carbocycles. The maximum Gasteiger partial charge on any atom is 0.416 e. The van der Waals surface area contributed by atoms with Crippen LogP contribution < -0.4 is 10.6 Å². The largest absolute Gasteiger partial charge is 0.416 e. The van der Waals surface area contributed by atoms with Gasteiger partial charge in [0.15, 0.2) is 0 Å². The lowest BCUT2D eigenvalue weighted by Crippen LogP contribution is -2.17. The summed E-state index contributed by atoms with van der Waals surface area (Å²) in [5.41, 5.74) is 1.52. The van der Waals surface area contributed by atoms with Gasteiger partial charge in [-0.2, -0.15) is 13.2 Å². The van der Waals surface area contributed by atoms with Crippen molar-refractivity contribution >= 4 is 17.3 Å². The van der Waals surface area contributed by atoms with Gasteiger partial charge in [0.1, 0.15) is 0 Å². The number of anilines is 2. The second kappa shape index (κ2) is 7.81. The summed E-state index contributed by atoms with van der Waals surface area (Å²) in [6.07, 6.45) is -4.23. The summed E-state index contributed by atoms with van der Waals surface area (Å²) in [4.78, 5) is 12.0. The Bertz CT molecular complexity index is 747. The number of rotatable bonds is 5. The average molecular weight is 364 g/mol. The van der Waals surface area contributed by atoms with Gasteiger partial charge in [-0.1, -0.05) is 39.0 Å². The van der Waals surface area contributed by atoms with Gasteiger partial charge >= 0.3 is 6.18 Å². The van der Waals surface area contributed by atoms with Gasteiger partial charge in [-0.25, -0.2) is 0 Å². The van der Waals surface area contributed by atoms with E-state index in [-0.39, 0.29) is 24.3 Å². The number of nitrogens with one attached hydrogen (secondary N) is 2. The van der Waals surface area contributed by atoms with Crippen molar-refractivity contribution in [3.63, 3.8) is 0 Å². The number of benzene rings is 2. The van der Waals surface area contributed by atoms with Crippen LogP contribution in [0.3, 0.4) is 0 Å². The van der Waals surface area contributed by atoms with Crippen LogP contribution in [-0.4, -0.2) is 12.5 Å². The first-order valence-electron chi connectivity index (χ1n) is 8.37. The third-order valence-corrected chi connectivity index (χ3v) is 3.91. The molecular weight excluding hydrogens is 341 g/mol. The normalized spacial score (nSPS) is 11.9. The summed E-state index contributed by atoms with van der Waals surface area (Å²) < 4.78 is 38.0. The van der Waals surface area contributed by atoms with Crippen molar-refractivity contribution in [1.82, 2.24) is 0 Å². The fourth-order valence-electron chi connectivity index (χ4n) is 2.40. The average Bonchev–Trinajstić information content (AvgIpc) is 2.54. The van der Waals surface area contributed by atoms with E-state index in [0.717, 1.165) is 12.1 Å². The molecule has 0 aromatic heterocycles. The molecule has 6 heteroatoms. The van der Waals surface area contributed by atoms with Crippen LogP contribution in [0.4, 0.5) is 24.5 Å². The minimum absolute atomic E-state index is 0.0391. The van der Waals surface area contributed by atoms with Gasteiger partial charge in [-0.3, -0.25) is 4.79 Å².